The number of rotatable bonds is 8. The van der Waals surface area contributed by atoms with Gasteiger partial charge in [-0.3, -0.25) is 0 Å². The van der Waals surface area contributed by atoms with Gasteiger partial charge in [0.15, 0.2) is 0 Å². The molecule has 20 heavy (non-hydrogen) atoms. The van der Waals surface area contributed by atoms with E-state index in [0.717, 1.165) is 0 Å². The smallest absolute Gasteiger partial charge is 0.230 e. The summed E-state index contributed by atoms with van der Waals surface area (Å²) in [6, 6.07) is 0. The maximum atomic E-state index is 15.1. The second kappa shape index (κ2) is 6.18. The fourth-order valence-electron chi connectivity index (χ4n) is 2.68. The first-order valence-electron chi connectivity index (χ1n) is 7.28. The Kier molecular flexibility index (Phi) is 6.08. The summed E-state index contributed by atoms with van der Waals surface area (Å²) in [7, 11) is 0. The Bertz CT molecular complexity index is 305. The molecule has 0 spiro atoms. The minimum Gasteiger partial charge on any atom is -0.230 e. The third-order valence-corrected chi connectivity index (χ3v) is 5.52. The van der Waals surface area contributed by atoms with Crippen molar-refractivity contribution >= 4 is 0 Å². The third kappa shape index (κ3) is 2.45. The molecule has 0 N–H and O–H groups in total. The maximum Gasteiger partial charge on any atom is 0.292 e. The van der Waals surface area contributed by atoms with Crippen molar-refractivity contribution < 1.29 is 22.0 Å². The zero-order valence-electron chi connectivity index (χ0n) is 13.3. The summed E-state index contributed by atoms with van der Waals surface area (Å²) in [6.07, 6.45) is -3.97. The molecule has 0 radical (unpaired) electrons. The molecule has 0 aromatic heterocycles. The Hall–Kier alpha value is -0.350. The van der Waals surface area contributed by atoms with Gasteiger partial charge in [0.25, 0.3) is 12.3 Å². The largest absolute Gasteiger partial charge is 0.292 e. The predicted molar refractivity (Wildman–Crippen MR) is 72.2 cm³/mol. The molecule has 0 aromatic carbocycles. The molecule has 0 heterocycles. The summed E-state index contributed by atoms with van der Waals surface area (Å²) >= 11 is 0. The van der Waals surface area contributed by atoms with E-state index in [2.05, 4.69) is 0 Å². The molecule has 0 aliphatic heterocycles. The molecule has 0 fully saturated rings. The first-order chi connectivity index (χ1) is 8.94. The van der Waals surface area contributed by atoms with Crippen LogP contribution < -0.4 is 0 Å². The standard InChI is InChI=1S/C15H27F5/c1-7-12(5,8-2)14(18,11(16)17)15(19,20)13(6,9-3)10-4/h11H,7-10H2,1-6H3. The molecule has 0 bridgehead atoms. The molecule has 0 aliphatic rings. The quantitative estimate of drug-likeness (QED) is 0.465. The molecule has 0 nitrogen and oxygen atoms in total. The van der Waals surface area contributed by atoms with Crippen molar-refractivity contribution in [3.8, 4) is 0 Å². The third-order valence-electron chi connectivity index (χ3n) is 5.52. The molecule has 0 amide bonds. The molecule has 5 heteroatoms. The van der Waals surface area contributed by atoms with E-state index in [0.29, 0.717) is 0 Å². The molecule has 0 aliphatic carbocycles. The van der Waals surface area contributed by atoms with Gasteiger partial charge in [-0.1, -0.05) is 41.5 Å². The summed E-state index contributed by atoms with van der Waals surface area (Å²) in [4.78, 5) is 0. The van der Waals surface area contributed by atoms with Crippen LogP contribution in [0.25, 0.3) is 0 Å². The molecule has 0 rings (SSSR count). The first kappa shape index (κ1) is 19.7. The lowest BCUT2D eigenvalue weighted by atomic mass is 9.60. The SMILES string of the molecule is CCC(C)(CC)C(F)(F)C(F)(C(F)F)C(C)(CC)CC. The van der Waals surface area contributed by atoms with Gasteiger partial charge < -0.3 is 0 Å². The van der Waals surface area contributed by atoms with Gasteiger partial charge in [0.1, 0.15) is 0 Å². The van der Waals surface area contributed by atoms with Crippen LogP contribution in [-0.2, 0) is 0 Å². The van der Waals surface area contributed by atoms with Crippen LogP contribution in [-0.4, -0.2) is 18.0 Å². The Labute approximate surface area is 119 Å². The molecule has 0 aromatic rings. The molecular formula is C15H27F5. The first-order valence-corrected chi connectivity index (χ1v) is 7.28. The van der Waals surface area contributed by atoms with Crippen LogP contribution in [0, 0.1) is 10.8 Å². The van der Waals surface area contributed by atoms with Crippen LogP contribution in [0.2, 0.25) is 0 Å². The molecule has 1 atom stereocenters. The fraction of sp³-hybridized carbons (Fsp3) is 1.00. The van der Waals surface area contributed by atoms with Crippen molar-refractivity contribution in [2.75, 3.05) is 0 Å². The number of hydrogen-bond acceptors (Lipinski definition) is 0. The van der Waals surface area contributed by atoms with Gasteiger partial charge in [0.05, 0.1) is 0 Å². The van der Waals surface area contributed by atoms with Crippen molar-refractivity contribution in [1.82, 2.24) is 0 Å². The lowest BCUT2D eigenvalue weighted by molar-refractivity contribution is -0.294. The second-order valence-electron chi connectivity index (χ2n) is 6.12. The summed E-state index contributed by atoms with van der Waals surface area (Å²) in [6.45, 7) is 8.31. The van der Waals surface area contributed by atoms with Gasteiger partial charge in [0.2, 0.25) is 5.67 Å². The lowest BCUT2D eigenvalue weighted by Crippen LogP contribution is -2.65. The number of hydrogen-bond donors (Lipinski definition) is 0. The van der Waals surface area contributed by atoms with E-state index in [1.165, 1.54) is 41.5 Å². The highest BCUT2D eigenvalue weighted by Gasteiger charge is 2.73. The van der Waals surface area contributed by atoms with E-state index in [9.17, 15) is 17.6 Å². The number of halogens is 5. The molecule has 0 saturated heterocycles. The lowest BCUT2D eigenvalue weighted by Gasteiger charge is -2.51. The second-order valence-corrected chi connectivity index (χ2v) is 6.12. The topological polar surface area (TPSA) is 0 Å². The highest BCUT2D eigenvalue weighted by molar-refractivity contribution is 5.11. The van der Waals surface area contributed by atoms with Crippen LogP contribution in [0.15, 0.2) is 0 Å². The van der Waals surface area contributed by atoms with Crippen molar-refractivity contribution in [1.29, 1.82) is 0 Å². The molecule has 122 valence electrons. The van der Waals surface area contributed by atoms with Gasteiger partial charge >= 0.3 is 0 Å². The van der Waals surface area contributed by atoms with Crippen molar-refractivity contribution in [2.45, 2.75) is 85.2 Å². The van der Waals surface area contributed by atoms with Gasteiger partial charge in [-0.15, -0.1) is 0 Å². The van der Waals surface area contributed by atoms with Crippen molar-refractivity contribution in [3.05, 3.63) is 0 Å². The van der Waals surface area contributed by atoms with Crippen LogP contribution >= 0.6 is 0 Å². The highest BCUT2D eigenvalue weighted by Crippen LogP contribution is 2.60. The van der Waals surface area contributed by atoms with E-state index >= 15 is 4.39 Å². The van der Waals surface area contributed by atoms with E-state index < -0.39 is 28.8 Å². The summed E-state index contributed by atoms with van der Waals surface area (Å²) in [5.74, 6) is -4.10. The van der Waals surface area contributed by atoms with Gasteiger partial charge in [-0.2, -0.15) is 0 Å². The number of alkyl halides is 5. The van der Waals surface area contributed by atoms with Gasteiger partial charge in [-0.25, -0.2) is 22.0 Å². The Morgan fingerprint density at radius 2 is 1.00 bits per heavy atom. The molecule has 0 saturated carbocycles. The average Bonchev–Trinajstić information content (AvgIpc) is 2.43. The minimum absolute atomic E-state index is 0.0571. The van der Waals surface area contributed by atoms with E-state index in [-0.39, 0.29) is 25.7 Å². The van der Waals surface area contributed by atoms with Crippen molar-refractivity contribution in [3.63, 3.8) is 0 Å². The zero-order chi connectivity index (χ0) is 16.4. The van der Waals surface area contributed by atoms with Gasteiger partial charge in [-0.05, 0) is 25.7 Å². The predicted octanol–water partition coefficient (Wildman–Crippen LogP) is 6.25. The van der Waals surface area contributed by atoms with E-state index in [4.69, 9.17) is 0 Å². The van der Waals surface area contributed by atoms with Crippen LogP contribution in [0.3, 0.4) is 0 Å². The van der Waals surface area contributed by atoms with Crippen LogP contribution in [0.4, 0.5) is 22.0 Å². The summed E-state index contributed by atoms with van der Waals surface area (Å²) < 4.78 is 71.5. The van der Waals surface area contributed by atoms with Crippen molar-refractivity contribution in [2.24, 2.45) is 10.8 Å². The van der Waals surface area contributed by atoms with Gasteiger partial charge in [0, 0.05) is 10.8 Å². The highest BCUT2D eigenvalue weighted by atomic mass is 19.3. The van der Waals surface area contributed by atoms with E-state index in [1.807, 2.05) is 0 Å². The van der Waals surface area contributed by atoms with E-state index in [1.54, 1.807) is 0 Å². The van der Waals surface area contributed by atoms with Crippen LogP contribution in [0.1, 0.15) is 67.2 Å². The summed E-state index contributed by atoms with van der Waals surface area (Å²) in [5.41, 5.74) is -7.38. The van der Waals surface area contributed by atoms with Crippen LogP contribution in [0.5, 0.6) is 0 Å². The fourth-order valence-corrected chi connectivity index (χ4v) is 2.68. The average molecular weight is 302 g/mol. The Balaban J connectivity index is 6.18. The molecule has 1 unspecified atom stereocenters. The minimum atomic E-state index is -4.10. The zero-order valence-corrected chi connectivity index (χ0v) is 13.3. The molecular weight excluding hydrogens is 275 g/mol. The Morgan fingerprint density at radius 1 is 0.700 bits per heavy atom. The maximum absolute atomic E-state index is 15.1. The summed E-state index contributed by atoms with van der Waals surface area (Å²) in [5, 5.41) is 0. The monoisotopic (exact) mass is 302 g/mol. The normalized spacial score (nSPS) is 17.4. The Morgan fingerprint density at radius 3 is 1.20 bits per heavy atom.